The Morgan fingerprint density at radius 3 is 2.50 bits per heavy atom. The van der Waals surface area contributed by atoms with E-state index in [1.807, 2.05) is 12.1 Å². The summed E-state index contributed by atoms with van der Waals surface area (Å²) < 4.78 is 19.8. The first-order valence-corrected chi connectivity index (χ1v) is 6.82. The zero-order chi connectivity index (χ0) is 14.5. The van der Waals surface area contributed by atoms with Gasteiger partial charge in [-0.2, -0.15) is 0 Å². The minimum Gasteiger partial charge on any atom is -0.489 e. The number of hydrogen-bond donors (Lipinski definition) is 2. The van der Waals surface area contributed by atoms with E-state index in [1.165, 1.54) is 6.07 Å². The average Bonchev–Trinajstić information content (AvgIpc) is 2.39. The van der Waals surface area contributed by atoms with E-state index in [-0.39, 0.29) is 18.3 Å². The molecule has 0 bridgehead atoms. The quantitative estimate of drug-likeness (QED) is 0.646. The van der Waals surface area contributed by atoms with Crippen LogP contribution in [0.1, 0.15) is 11.1 Å². The molecule has 0 aliphatic carbocycles. The van der Waals surface area contributed by atoms with Crippen molar-refractivity contribution in [3.05, 3.63) is 63.9 Å². The highest BCUT2D eigenvalue weighted by Gasteiger charge is 2.04. The van der Waals surface area contributed by atoms with Gasteiger partial charge in [-0.15, -0.1) is 0 Å². The third-order valence-corrected chi connectivity index (χ3v) is 3.22. The normalized spacial score (nSPS) is 10.3. The fourth-order valence-corrected chi connectivity index (χ4v) is 2.06. The van der Waals surface area contributed by atoms with Crippen LogP contribution in [0.25, 0.3) is 0 Å². The average molecular weight is 337 g/mol. The van der Waals surface area contributed by atoms with Crippen LogP contribution in [0.2, 0.25) is 0 Å². The molecule has 2 rings (SSSR count). The number of hydrogen-bond acceptors (Lipinski definition) is 2. The monoisotopic (exact) mass is 336 g/mol. The van der Waals surface area contributed by atoms with Gasteiger partial charge in [0, 0.05) is 16.5 Å². The van der Waals surface area contributed by atoms with E-state index in [2.05, 4.69) is 15.9 Å². The van der Waals surface area contributed by atoms with Gasteiger partial charge >= 0.3 is 0 Å². The van der Waals surface area contributed by atoms with Crippen molar-refractivity contribution >= 4 is 21.8 Å². The zero-order valence-corrected chi connectivity index (χ0v) is 12.3. The van der Waals surface area contributed by atoms with Gasteiger partial charge in [0.2, 0.25) is 0 Å². The largest absolute Gasteiger partial charge is 0.489 e. The zero-order valence-electron chi connectivity index (χ0n) is 10.7. The van der Waals surface area contributed by atoms with Gasteiger partial charge in [0.25, 0.3) is 0 Å². The smallest absolute Gasteiger partial charge is 0.130 e. The maximum absolute atomic E-state index is 13.6. The molecule has 0 heterocycles. The molecule has 0 saturated carbocycles. The van der Waals surface area contributed by atoms with Gasteiger partial charge in [-0.1, -0.05) is 34.1 Å². The molecule has 5 heteroatoms. The first kappa shape index (κ1) is 14.5. The molecule has 0 amide bonds. The van der Waals surface area contributed by atoms with Crippen LogP contribution in [0.15, 0.2) is 46.9 Å². The van der Waals surface area contributed by atoms with Gasteiger partial charge in [-0.3, -0.25) is 5.41 Å². The molecular formula is C15H14BrFN2O. The van der Waals surface area contributed by atoms with E-state index in [0.29, 0.717) is 22.2 Å². The Hall–Kier alpha value is -1.88. The second-order valence-electron chi connectivity index (χ2n) is 4.37. The first-order chi connectivity index (χ1) is 9.54. The van der Waals surface area contributed by atoms with Crippen molar-refractivity contribution in [3.63, 3.8) is 0 Å². The van der Waals surface area contributed by atoms with E-state index in [0.717, 1.165) is 5.56 Å². The summed E-state index contributed by atoms with van der Waals surface area (Å²) in [6.45, 7) is 0.172. The lowest BCUT2D eigenvalue weighted by Gasteiger charge is -2.08. The second-order valence-corrected chi connectivity index (χ2v) is 5.29. The lowest BCUT2D eigenvalue weighted by molar-refractivity contribution is 0.299. The van der Waals surface area contributed by atoms with Crippen LogP contribution in [-0.2, 0) is 13.0 Å². The number of nitrogens with one attached hydrogen (secondary N) is 1. The fraction of sp³-hybridized carbons (Fsp3) is 0.133. The summed E-state index contributed by atoms with van der Waals surface area (Å²) in [5, 5.41) is 7.22. The van der Waals surface area contributed by atoms with Crippen molar-refractivity contribution in [1.29, 1.82) is 5.41 Å². The Kier molecular flexibility index (Phi) is 4.74. The van der Waals surface area contributed by atoms with Gasteiger partial charge in [0.15, 0.2) is 0 Å². The number of amidine groups is 1. The summed E-state index contributed by atoms with van der Waals surface area (Å²) in [5.74, 6) is 0.475. The van der Waals surface area contributed by atoms with Crippen molar-refractivity contribution in [2.75, 3.05) is 0 Å². The molecule has 0 unspecified atom stereocenters. The molecular weight excluding hydrogens is 323 g/mol. The van der Waals surface area contributed by atoms with Crippen LogP contribution in [0.5, 0.6) is 5.75 Å². The number of ether oxygens (including phenoxy) is 1. The van der Waals surface area contributed by atoms with E-state index >= 15 is 0 Å². The first-order valence-electron chi connectivity index (χ1n) is 6.03. The summed E-state index contributed by atoms with van der Waals surface area (Å²) in [6.07, 6.45) is 0.418. The molecule has 20 heavy (non-hydrogen) atoms. The number of benzene rings is 2. The standard InChI is InChI=1S/C15H14BrFN2O/c16-12-4-3-11(14(17)8-12)9-20-13-5-1-10(2-6-13)7-15(18)19/h1-6,8H,7,9H2,(H3,18,19). The molecule has 0 fully saturated rings. The molecule has 104 valence electrons. The molecule has 2 aromatic rings. The van der Waals surface area contributed by atoms with Crippen molar-refractivity contribution in [1.82, 2.24) is 0 Å². The van der Waals surface area contributed by atoms with Crippen molar-refractivity contribution in [3.8, 4) is 5.75 Å². The minimum absolute atomic E-state index is 0.121. The Morgan fingerprint density at radius 2 is 1.90 bits per heavy atom. The van der Waals surface area contributed by atoms with Crippen LogP contribution in [0.3, 0.4) is 0 Å². The van der Waals surface area contributed by atoms with Crippen LogP contribution in [-0.4, -0.2) is 5.84 Å². The molecule has 0 atom stereocenters. The van der Waals surface area contributed by atoms with Gasteiger partial charge in [-0.05, 0) is 29.8 Å². The van der Waals surface area contributed by atoms with Gasteiger partial charge < -0.3 is 10.5 Å². The van der Waals surface area contributed by atoms with Crippen molar-refractivity contribution in [2.24, 2.45) is 5.73 Å². The highest BCUT2D eigenvalue weighted by atomic mass is 79.9. The molecule has 0 aliphatic heterocycles. The topological polar surface area (TPSA) is 59.1 Å². The molecule has 3 nitrogen and oxygen atoms in total. The predicted molar refractivity (Wildman–Crippen MR) is 80.5 cm³/mol. The molecule has 0 aliphatic rings. The number of nitrogens with two attached hydrogens (primary N) is 1. The SMILES string of the molecule is N=C(N)Cc1ccc(OCc2ccc(Br)cc2F)cc1. The number of halogens is 2. The third-order valence-electron chi connectivity index (χ3n) is 2.73. The molecule has 2 aromatic carbocycles. The Labute approximate surface area is 125 Å². The highest BCUT2D eigenvalue weighted by Crippen LogP contribution is 2.18. The Morgan fingerprint density at radius 1 is 1.20 bits per heavy atom. The summed E-state index contributed by atoms with van der Waals surface area (Å²) in [5.41, 5.74) is 6.78. The Bertz CT molecular complexity index is 614. The van der Waals surface area contributed by atoms with Gasteiger partial charge in [0.05, 0.1) is 5.84 Å². The maximum atomic E-state index is 13.6. The minimum atomic E-state index is -0.299. The summed E-state index contributed by atoms with van der Waals surface area (Å²) in [4.78, 5) is 0. The summed E-state index contributed by atoms with van der Waals surface area (Å²) >= 11 is 3.21. The molecule has 0 spiro atoms. The summed E-state index contributed by atoms with van der Waals surface area (Å²) in [7, 11) is 0. The van der Waals surface area contributed by atoms with Gasteiger partial charge in [0.1, 0.15) is 18.2 Å². The van der Waals surface area contributed by atoms with Crippen LogP contribution >= 0.6 is 15.9 Å². The van der Waals surface area contributed by atoms with Crippen molar-refractivity contribution < 1.29 is 9.13 Å². The van der Waals surface area contributed by atoms with E-state index in [1.54, 1.807) is 24.3 Å². The molecule has 0 radical (unpaired) electrons. The lowest BCUT2D eigenvalue weighted by atomic mass is 10.1. The fourth-order valence-electron chi connectivity index (χ4n) is 1.72. The lowest BCUT2D eigenvalue weighted by Crippen LogP contribution is -2.12. The molecule has 3 N–H and O–H groups in total. The third kappa shape index (κ3) is 4.06. The maximum Gasteiger partial charge on any atom is 0.130 e. The van der Waals surface area contributed by atoms with E-state index in [9.17, 15) is 4.39 Å². The molecule has 0 saturated heterocycles. The Balaban J connectivity index is 1.98. The predicted octanol–water partition coefficient (Wildman–Crippen LogP) is 3.65. The number of rotatable bonds is 5. The van der Waals surface area contributed by atoms with E-state index < -0.39 is 0 Å². The van der Waals surface area contributed by atoms with Crippen LogP contribution in [0, 0.1) is 11.2 Å². The second kappa shape index (κ2) is 6.52. The highest BCUT2D eigenvalue weighted by molar-refractivity contribution is 9.10. The van der Waals surface area contributed by atoms with Gasteiger partial charge in [-0.25, -0.2) is 4.39 Å². The van der Waals surface area contributed by atoms with Crippen LogP contribution in [0.4, 0.5) is 4.39 Å². The molecule has 0 aromatic heterocycles. The van der Waals surface area contributed by atoms with Crippen LogP contribution < -0.4 is 10.5 Å². The van der Waals surface area contributed by atoms with E-state index in [4.69, 9.17) is 15.9 Å². The summed E-state index contributed by atoms with van der Waals surface area (Å²) in [6, 6.07) is 12.1. The van der Waals surface area contributed by atoms with Crippen molar-refractivity contribution in [2.45, 2.75) is 13.0 Å².